The molecule has 1 atom stereocenters. The summed E-state index contributed by atoms with van der Waals surface area (Å²) in [5, 5.41) is 3.37. The first-order valence-corrected chi connectivity index (χ1v) is 8.77. The average Bonchev–Trinajstić information content (AvgIpc) is 3.38. The fraction of sp³-hybridized carbons (Fsp3) is 0.263. The van der Waals surface area contributed by atoms with Crippen LogP contribution in [0, 0.1) is 0 Å². The molecule has 1 aliphatic rings. The van der Waals surface area contributed by atoms with Crippen LogP contribution < -0.4 is 4.74 Å². The molecular formula is C19H15F3N4O3. The lowest BCUT2D eigenvalue weighted by Gasteiger charge is -2.17. The van der Waals surface area contributed by atoms with E-state index in [1.54, 1.807) is 53.7 Å². The molecule has 4 rings (SSSR count). The largest absolute Gasteiger partial charge is 0.488 e. The number of likely N-dealkylation sites (tertiary alicyclic amines) is 1. The highest BCUT2D eigenvalue weighted by atomic mass is 19.4. The molecule has 1 amide bonds. The van der Waals surface area contributed by atoms with E-state index in [4.69, 9.17) is 4.74 Å². The highest BCUT2D eigenvalue weighted by Gasteiger charge is 2.38. The highest BCUT2D eigenvalue weighted by Crippen LogP contribution is 2.30. The molecule has 1 fully saturated rings. The number of aromatic nitrogens is 3. The molecule has 0 radical (unpaired) electrons. The lowest BCUT2D eigenvalue weighted by molar-refractivity contribution is -0.159. The molecular weight excluding hydrogens is 389 g/mol. The first-order valence-electron chi connectivity index (χ1n) is 8.77. The lowest BCUT2D eigenvalue weighted by Crippen LogP contribution is -2.30. The van der Waals surface area contributed by atoms with Crippen molar-refractivity contribution in [3.05, 3.63) is 60.2 Å². The minimum atomic E-state index is -4.70. The zero-order chi connectivity index (χ0) is 20.4. The topological polar surface area (TPSA) is 81.4 Å². The van der Waals surface area contributed by atoms with Crippen molar-refractivity contribution in [3.8, 4) is 17.1 Å². The smallest absolute Gasteiger partial charge is 0.471 e. The molecule has 29 heavy (non-hydrogen) atoms. The van der Waals surface area contributed by atoms with E-state index in [0.717, 1.165) is 0 Å². The summed E-state index contributed by atoms with van der Waals surface area (Å²) in [6.07, 6.45) is -1.17. The Labute approximate surface area is 163 Å². The van der Waals surface area contributed by atoms with E-state index in [1.807, 2.05) is 0 Å². The Morgan fingerprint density at radius 2 is 2.00 bits per heavy atom. The van der Waals surface area contributed by atoms with Gasteiger partial charge in [0.1, 0.15) is 11.9 Å². The normalized spacial score (nSPS) is 16.8. The number of ether oxygens (including phenoxy) is 1. The van der Waals surface area contributed by atoms with Crippen LogP contribution in [0.25, 0.3) is 11.4 Å². The fourth-order valence-corrected chi connectivity index (χ4v) is 3.04. The van der Waals surface area contributed by atoms with Crippen molar-refractivity contribution in [2.45, 2.75) is 18.7 Å². The number of halogens is 3. The molecule has 0 aliphatic carbocycles. The van der Waals surface area contributed by atoms with Gasteiger partial charge in [-0.25, -0.2) is 0 Å². The molecule has 1 aromatic carbocycles. The summed E-state index contributed by atoms with van der Waals surface area (Å²) >= 11 is 0. The summed E-state index contributed by atoms with van der Waals surface area (Å²) in [5.41, 5.74) is 0.893. The first-order chi connectivity index (χ1) is 13.9. The van der Waals surface area contributed by atoms with E-state index in [-0.39, 0.29) is 17.8 Å². The molecule has 0 bridgehead atoms. The molecule has 0 unspecified atom stereocenters. The van der Waals surface area contributed by atoms with Gasteiger partial charge >= 0.3 is 12.1 Å². The van der Waals surface area contributed by atoms with Crippen LogP contribution in [-0.2, 0) is 6.18 Å². The summed E-state index contributed by atoms with van der Waals surface area (Å²) < 4.78 is 48.1. The Morgan fingerprint density at radius 3 is 2.72 bits per heavy atom. The molecule has 10 heteroatoms. The molecule has 0 N–H and O–H groups in total. The number of carbonyl (C=O) groups excluding carboxylic acids is 1. The van der Waals surface area contributed by atoms with Crippen LogP contribution in [0.3, 0.4) is 0 Å². The molecule has 1 saturated heterocycles. The Hall–Kier alpha value is -3.43. The molecule has 7 nitrogen and oxygen atoms in total. The summed E-state index contributed by atoms with van der Waals surface area (Å²) in [7, 11) is 0. The number of benzene rings is 1. The van der Waals surface area contributed by atoms with Gasteiger partial charge in [-0.2, -0.15) is 18.2 Å². The molecule has 3 heterocycles. The maximum Gasteiger partial charge on any atom is 0.471 e. The van der Waals surface area contributed by atoms with Crippen molar-refractivity contribution in [1.82, 2.24) is 20.0 Å². The van der Waals surface area contributed by atoms with Crippen LogP contribution in [-0.4, -0.2) is 45.1 Å². The number of alkyl halides is 3. The summed E-state index contributed by atoms with van der Waals surface area (Å²) in [6.45, 7) is 0.955. The zero-order valence-corrected chi connectivity index (χ0v) is 15.0. The minimum absolute atomic E-state index is 0.0984. The number of hydrogen-bond donors (Lipinski definition) is 0. The number of carbonyl (C=O) groups is 1. The van der Waals surface area contributed by atoms with Crippen molar-refractivity contribution in [2.24, 2.45) is 0 Å². The standard InChI is InChI=1S/C19H15F3N4O3/c20-19(21,22)18-24-16(25-29-18)13-2-1-3-14(10-13)28-15-6-9-26(11-15)17(27)12-4-7-23-8-5-12/h1-5,7-8,10,15H,6,9,11H2/t15-/m0/s1. The van der Waals surface area contributed by atoms with E-state index in [9.17, 15) is 18.0 Å². The Balaban J connectivity index is 1.42. The maximum atomic E-state index is 12.6. The van der Waals surface area contributed by atoms with Gasteiger partial charge in [0.15, 0.2) is 0 Å². The van der Waals surface area contributed by atoms with Gasteiger partial charge < -0.3 is 14.2 Å². The van der Waals surface area contributed by atoms with Crippen LogP contribution in [0.15, 0.2) is 53.3 Å². The third kappa shape index (κ3) is 4.20. The second-order valence-electron chi connectivity index (χ2n) is 6.46. The van der Waals surface area contributed by atoms with Crippen LogP contribution in [0.4, 0.5) is 13.2 Å². The predicted molar refractivity (Wildman–Crippen MR) is 93.9 cm³/mol. The molecule has 0 saturated carbocycles. The quantitative estimate of drug-likeness (QED) is 0.663. The molecule has 1 aliphatic heterocycles. The van der Waals surface area contributed by atoms with Gasteiger partial charge in [-0.3, -0.25) is 9.78 Å². The third-order valence-corrected chi connectivity index (χ3v) is 4.42. The number of amides is 1. The van der Waals surface area contributed by atoms with Gasteiger partial charge in [-0.15, -0.1) is 0 Å². The van der Waals surface area contributed by atoms with E-state index >= 15 is 0 Å². The second-order valence-corrected chi connectivity index (χ2v) is 6.46. The molecule has 0 spiro atoms. The average molecular weight is 404 g/mol. The summed E-state index contributed by atoms with van der Waals surface area (Å²) in [5.74, 6) is -1.23. The number of hydrogen-bond acceptors (Lipinski definition) is 6. The monoisotopic (exact) mass is 404 g/mol. The van der Waals surface area contributed by atoms with E-state index < -0.39 is 12.1 Å². The van der Waals surface area contributed by atoms with Crippen molar-refractivity contribution in [1.29, 1.82) is 0 Å². The van der Waals surface area contributed by atoms with Crippen LogP contribution in [0.5, 0.6) is 5.75 Å². The van der Waals surface area contributed by atoms with Gasteiger partial charge in [0.05, 0.1) is 6.54 Å². The van der Waals surface area contributed by atoms with Crippen molar-refractivity contribution < 1.29 is 27.2 Å². The highest BCUT2D eigenvalue weighted by molar-refractivity contribution is 5.94. The molecule has 150 valence electrons. The van der Waals surface area contributed by atoms with Gasteiger partial charge in [0.25, 0.3) is 5.91 Å². The van der Waals surface area contributed by atoms with Gasteiger partial charge in [0.2, 0.25) is 5.82 Å². The van der Waals surface area contributed by atoms with Gasteiger partial charge in [-0.05, 0) is 24.3 Å². The fourth-order valence-electron chi connectivity index (χ4n) is 3.04. The number of pyridine rings is 1. The van der Waals surface area contributed by atoms with Crippen LogP contribution in [0.1, 0.15) is 22.7 Å². The van der Waals surface area contributed by atoms with Crippen molar-refractivity contribution in [3.63, 3.8) is 0 Å². The third-order valence-electron chi connectivity index (χ3n) is 4.42. The number of rotatable bonds is 4. The van der Waals surface area contributed by atoms with Crippen molar-refractivity contribution >= 4 is 5.91 Å². The summed E-state index contributed by atoms with van der Waals surface area (Å²) in [6, 6.07) is 9.72. The first kappa shape index (κ1) is 18.9. The molecule has 3 aromatic rings. The Morgan fingerprint density at radius 1 is 1.21 bits per heavy atom. The predicted octanol–water partition coefficient (Wildman–Crippen LogP) is 3.44. The van der Waals surface area contributed by atoms with E-state index in [2.05, 4.69) is 19.6 Å². The summed E-state index contributed by atoms with van der Waals surface area (Å²) in [4.78, 5) is 21.5. The SMILES string of the molecule is O=C(c1ccncc1)N1CC[C@H](Oc2cccc(-c3noc(C(F)(F)F)n3)c2)C1. The van der Waals surface area contributed by atoms with Gasteiger partial charge in [-0.1, -0.05) is 17.3 Å². The van der Waals surface area contributed by atoms with Crippen molar-refractivity contribution in [2.75, 3.05) is 13.1 Å². The van der Waals surface area contributed by atoms with E-state index in [0.29, 0.717) is 36.4 Å². The van der Waals surface area contributed by atoms with E-state index in [1.165, 1.54) is 0 Å². The second kappa shape index (κ2) is 7.53. The van der Waals surface area contributed by atoms with Crippen LogP contribution in [0.2, 0.25) is 0 Å². The lowest BCUT2D eigenvalue weighted by atomic mass is 10.2. The molecule has 2 aromatic heterocycles. The maximum absolute atomic E-state index is 12.6. The van der Waals surface area contributed by atoms with Crippen LogP contribution >= 0.6 is 0 Å². The van der Waals surface area contributed by atoms with Gasteiger partial charge in [0, 0.05) is 36.5 Å². The Kier molecular flexibility index (Phi) is 4.91. The minimum Gasteiger partial charge on any atom is -0.488 e. The zero-order valence-electron chi connectivity index (χ0n) is 15.0. The number of nitrogens with zero attached hydrogens (tertiary/aromatic N) is 4. The Bertz CT molecular complexity index is 1010.